The number of hydrogen-bond donors (Lipinski definition) is 2. The van der Waals surface area contributed by atoms with Gasteiger partial charge in [0, 0.05) is 21.9 Å². The lowest BCUT2D eigenvalue weighted by atomic mass is 10.2. The molecule has 6 nitrogen and oxygen atoms in total. The van der Waals surface area contributed by atoms with E-state index < -0.39 is 0 Å². The summed E-state index contributed by atoms with van der Waals surface area (Å²) < 4.78 is 15.6. The lowest BCUT2D eigenvalue weighted by Crippen LogP contribution is -2.05. The van der Waals surface area contributed by atoms with Crippen LogP contribution >= 0.6 is 22.9 Å². The first kappa shape index (κ1) is 17.2. The number of fused-ring (bicyclic) bond motifs is 2. The maximum atomic E-state index is 13.8. The van der Waals surface area contributed by atoms with E-state index in [-0.39, 0.29) is 5.82 Å². The summed E-state index contributed by atoms with van der Waals surface area (Å²) in [6, 6.07) is 8.64. The minimum atomic E-state index is -0.349. The zero-order valence-corrected chi connectivity index (χ0v) is 16.3. The number of nitrogens with one attached hydrogen (secondary N) is 2. The maximum Gasteiger partial charge on any atom is 0.177 e. The molecule has 0 spiro atoms. The Morgan fingerprint density at radius 1 is 1.32 bits per heavy atom. The number of nitrogens with zero attached hydrogens (tertiary/aromatic N) is 4. The van der Waals surface area contributed by atoms with E-state index in [0.29, 0.717) is 34.2 Å². The molecule has 1 aromatic carbocycles. The van der Waals surface area contributed by atoms with E-state index >= 15 is 0 Å². The van der Waals surface area contributed by atoms with Gasteiger partial charge in [-0.2, -0.15) is 5.10 Å². The number of benzene rings is 1. The van der Waals surface area contributed by atoms with Crippen molar-refractivity contribution in [3.8, 4) is 11.3 Å². The SMILES string of the molecule is Cc1cc(-c2cnc3c(NCc4nc5c(F)cccc5[nH]4)cc(Cl)nn23)cs1. The molecule has 0 aliphatic heterocycles. The minimum absolute atomic E-state index is 0.327. The topological polar surface area (TPSA) is 70.9 Å². The number of halogens is 2. The average Bonchev–Trinajstić information content (AvgIpc) is 3.37. The van der Waals surface area contributed by atoms with E-state index in [0.717, 1.165) is 16.9 Å². The fourth-order valence-corrected chi connectivity index (χ4v) is 4.04. The van der Waals surface area contributed by atoms with Crippen molar-refractivity contribution in [3.05, 3.63) is 63.6 Å². The number of hydrogen-bond acceptors (Lipinski definition) is 5. The third-order valence-corrected chi connectivity index (χ3v) is 5.47. The predicted octanol–water partition coefficient (Wildman–Crippen LogP) is 5.05. The molecule has 4 heterocycles. The van der Waals surface area contributed by atoms with Crippen molar-refractivity contribution in [1.82, 2.24) is 24.6 Å². The van der Waals surface area contributed by atoms with Gasteiger partial charge in [-0.15, -0.1) is 11.3 Å². The largest absolute Gasteiger partial charge is 0.375 e. The Morgan fingerprint density at radius 2 is 2.21 bits per heavy atom. The van der Waals surface area contributed by atoms with Gasteiger partial charge >= 0.3 is 0 Å². The Hall–Kier alpha value is -2.97. The quantitative estimate of drug-likeness (QED) is 0.433. The average molecular weight is 413 g/mol. The van der Waals surface area contributed by atoms with Gasteiger partial charge in [-0.25, -0.2) is 18.9 Å². The summed E-state index contributed by atoms with van der Waals surface area (Å²) in [4.78, 5) is 13.2. The highest BCUT2D eigenvalue weighted by atomic mass is 35.5. The van der Waals surface area contributed by atoms with Crippen LogP contribution in [0.4, 0.5) is 10.1 Å². The number of aryl methyl sites for hydroxylation is 1. The monoisotopic (exact) mass is 412 g/mol. The van der Waals surface area contributed by atoms with E-state index in [1.807, 2.05) is 0 Å². The van der Waals surface area contributed by atoms with Gasteiger partial charge in [0.05, 0.1) is 29.6 Å². The van der Waals surface area contributed by atoms with Crippen LogP contribution in [0.1, 0.15) is 10.7 Å². The van der Waals surface area contributed by atoms with Crippen LogP contribution in [-0.4, -0.2) is 24.6 Å². The Balaban J connectivity index is 1.50. The molecule has 0 saturated heterocycles. The van der Waals surface area contributed by atoms with Crippen molar-refractivity contribution in [2.45, 2.75) is 13.5 Å². The molecule has 0 atom stereocenters. The van der Waals surface area contributed by atoms with Crippen LogP contribution in [0.5, 0.6) is 0 Å². The van der Waals surface area contributed by atoms with Crippen molar-refractivity contribution in [1.29, 1.82) is 0 Å². The zero-order chi connectivity index (χ0) is 19.3. The highest BCUT2D eigenvalue weighted by molar-refractivity contribution is 7.10. The van der Waals surface area contributed by atoms with Crippen LogP contribution < -0.4 is 5.32 Å². The smallest absolute Gasteiger partial charge is 0.177 e. The molecule has 9 heteroatoms. The predicted molar refractivity (Wildman–Crippen MR) is 109 cm³/mol. The van der Waals surface area contributed by atoms with Gasteiger partial charge in [-0.05, 0) is 25.1 Å². The molecule has 0 aliphatic rings. The number of H-pyrrole nitrogens is 1. The highest BCUT2D eigenvalue weighted by Gasteiger charge is 2.14. The lowest BCUT2D eigenvalue weighted by molar-refractivity contribution is 0.637. The number of aromatic nitrogens is 5. The number of para-hydroxylation sites is 1. The zero-order valence-electron chi connectivity index (χ0n) is 14.7. The molecule has 5 aromatic rings. The summed E-state index contributed by atoms with van der Waals surface area (Å²) in [7, 11) is 0. The third-order valence-electron chi connectivity index (χ3n) is 4.42. The summed E-state index contributed by atoms with van der Waals surface area (Å²) >= 11 is 7.91. The summed E-state index contributed by atoms with van der Waals surface area (Å²) in [5.74, 6) is 0.268. The molecule has 0 fully saturated rings. The van der Waals surface area contributed by atoms with Crippen LogP contribution in [-0.2, 0) is 6.54 Å². The van der Waals surface area contributed by atoms with Crippen molar-refractivity contribution in [3.63, 3.8) is 0 Å². The molecule has 4 aromatic heterocycles. The van der Waals surface area contributed by atoms with E-state index in [2.05, 4.69) is 43.7 Å². The van der Waals surface area contributed by atoms with Crippen LogP contribution in [0.2, 0.25) is 5.15 Å². The normalized spacial score (nSPS) is 11.5. The number of aromatic amines is 1. The van der Waals surface area contributed by atoms with E-state index in [9.17, 15) is 4.39 Å². The molecule has 0 unspecified atom stereocenters. The fraction of sp³-hybridized carbons (Fsp3) is 0.105. The molecule has 0 bridgehead atoms. The van der Waals surface area contributed by atoms with Gasteiger partial charge in [0.2, 0.25) is 0 Å². The van der Waals surface area contributed by atoms with E-state index in [1.165, 1.54) is 10.9 Å². The minimum Gasteiger partial charge on any atom is -0.375 e. The molecule has 28 heavy (non-hydrogen) atoms. The lowest BCUT2D eigenvalue weighted by Gasteiger charge is -2.07. The Bertz CT molecular complexity index is 1320. The summed E-state index contributed by atoms with van der Waals surface area (Å²) in [6.07, 6.45) is 1.78. The Labute approximate surface area is 168 Å². The van der Waals surface area contributed by atoms with Gasteiger partial charge in [-0.1, -0.05) is 17.7 Å². The maximum absolute atomic E-state index is 13.8. The molecule has 140 valence electrons. The van der Waals surface area contributed by atoms with Gasteiger partial charge in [-0.3, -0.25) is 0 Å². The van der Waals surface area contributed by atoms with Gasteiger partial charge in [0.25, 0.3) is 0 Å². The van der Waals surface area contributed by atoms with Crippen molar-refractivity contribution in [2.75, 3.05) is 5.32 Å². The fourth-order valence-electron chi connectivity index (χ4n) is 3.15. The second-order valence-electron chi connectivity index (χ2n) is 6.38. The third kappa shape index (κ3) is 2.90. The molecule has 0 aliphatic carbocycles. The second-order valence-corrected chi connectivity index (χ2v) is 7.88. The Morgan fingerprint density at radius 3 is 3.00 bits per heavy atom. The van der Waals surface area contributed by atoms with E-state index in [1.54, 1.807) is 40.2 Å². The number of anilines is 1. The highest BCUT2D eigenvalue weighted by Crippen LogP contribution is 2.29. The molecule has 0 amide bonds. The number of thiophene rings is 1. The first-order valence-corrected chi connectivity index (χ1v) is 9.81. The van der Waals surface area contributed by atoms with E-state index in [4.69, 9.17) is 11.6 Å². The standard InChI is InChI=1S/C19H14ClFN6S/c1-10-5-11(9-28-10)15-7-23-19-14(6-16(20)26-27(15)19)22-8-17-24-13-4-2-3-12(21)18(13)25-17/h2-7,9,22H,8H2,1H3,(H,24,25). The molecule has 2 N–H and O–H groups in total. The molecule has 0 radical (unpaired) electrons. The molecule has 0 saturated carbocycles. The molecular formula is C19H14ClFN6S. The van der Waals surface area contributed by atoms with Gasteiger partial charge in [0.1, 0.15) is 11.3 Å². The van der Waals surface area contributed by atoms with Crippen molar-refractivity contribution >= 4 is 45.3 Å². The van der Waals surface area contributed by atoms with Crippen molar-refractivity contribution < 1.29 is 4.39 Å². The van der Waals surface area contributed by atoms with Crippen LogP contribution in [0, 0.1) is 12.7 Å². The first-order chi connectivity index (χ1) is 13.6. The van der Waals surface area contributed by atoms with Gasteiger partial charge in [0.15, 0.2) is 16.6 Å². The summed E-state index contributed by atoms with van der Waals surface area (Å²) in [5.41, 5.74) is 4.28. The number of imidazole rings is 2. The Kier molecular flexibility index (Phi) is 4.03. The van der Waals surface area contributed by atoms with Crippen LogP contribution in [0.25, 0.3) is 27.9 Å². The summed E-state index contributed by atoms with van der Waals surface area (Å²) in [6.45, 7) is 2.42. The van der Waals surface area contributed by atoms with Crippen molar-refractivity contribution in [2.24, 2.45) is 0 Å². The molecule has 5 rings (SSSR count). The number of rotatable bonds is 4. The molecular weight excluding hydrogens is 399 g/mol. The second kappa shape index (κ2) is 6.57. The van der Waals surface area contributed by atoms with Crippen LogP contribution in [0.3, 0.4) is 0 Å². The van der Waals surface area contributed by atoms with Crippen LogP contribution in [0.15, 0.2) is 41.9 Å². The first-order valence-electron chi connectivity index (χ1n) is 8.55. The summed E-state index contributed by atoms with van der Waals surface area (Å²) in [5, 5.41) is 10.1. The van der Waals surface area contributed by atoms with Gasteiger partial charge < -0.3 is 10.3 Å².